The number of hydrogen-bond donors (Lipinski definition) is 0. The molecular formula is C29H43Br2N3O6. The Bertz CT molecular complexity index is 1020. The van der Waals surface area contributed by atoms with Crippen LogP contribution in [0.4, 0.5) is 0 Å². The Hall–Kier alpha value is -1.32. The van der Waals surface area contributed by atoms with Crippen LogP contribution in [0.15, 0.2) is 5.11 Å². The highest BCUT2D eigenvalue weighted by Crippen LogP contribution is 2.69. The van der Waals surface area contributed by atoms with Crippen LogP contribution in [0.3, 0.4) is 0 Å². The zero-order chi connectivity index (χ0) is 29.2. The van der Waals surface area contributed by atoms with Gasteiger partial charge in [0.25, 0.3) is 0 Å². The van der Waals surface area contributed by atoms with Gasteiger partial charge in [0, 0.05) is 28.7 Å². The van der Waals surface area contributed by atoms with Crippen LogP contribution in [-0.4, -0.2) is 53.9 Å². The first kappa shape index (κ1) is 31.6. The Balaban J connectivity index is 1.73. The van der Waals surface area contributed by atoms with E-state index in [1.165, 1.54) is 7.11 Å². The summed E-state index contributed by atoms with van der Waals surface area (Å²) in [6, 6.07) is -0.0467. The van der Waals surface area contributed by atoms with Gasteiger partial charge < -0.3 is 14.2 Å². The molecule has 0 saturated heterocycles. The van der Waals surface area contributed by atoms with Crippen molar-refractivity contribution in [3.8, 4) is 0 Å². The number of hydrogen-bond acceptors (Lipinski definition) is 7. The van der Waals surface area contributed by atoms with E-state index in [2.05, 4.69) is 62.7 Å². The van der Waals surface area contributed by atoms with Crippen LogP contribution < -0.4 is 0 Å². The lowest BCUT2D eigenvalue weighted by atomic mass is 9.43. The number of azide groups is 1. The summed E-state index contributed by atoms with van der Waals surface area (Å²) in [5.74, 6) is 0.601. The maximum absolute atomic E-state index is 12.8. The first-order chi connectivity index (χ1) is 19.0. The molecule has 4 saturated carbocycles. The van der Waals surface area contributed by atoms with Gasteiger partial charge in [-0.15, -0.1) is 0 Å². The highest BCUT2D eigenvalue weighted by atomic mass is 79.9. The molecule has 0 heterocycles. The Kier molecular flexibility index (Phi) is 10.2. The summed E-state index contributed by atoms with van der Waals surface area (Å²) in [5.41, 5.74) is 8.76. The van der Waals surface area contributed by atoms with Crippen molar-refractivity contribution in [1.82, 2.24) is 0 Å². The van der Waals surface area contributed by atoms with Crippen LogP contribution in [0.1, 0.15) is 78.6 Å². The second-order valence-electron chi connectivity index (χ2n) is 13.0. The molecule has 11 atom stereocenters. The van der Waals surface area contributed by atoms with Crippen LogP contribution in [0, 0.1) is 46.3 Å². The predicted molar refractivity (Wildman–Crippen MR) is 157 cm³/mol. The van der Waals surface area contributed by atoms with E-state index in [-0.39, 0.29) is 93.2 Å². The normalized spacial score (nSPS) is 40.9. The predicted octanol–water partition coefficient (Wildman–Crippen LogP) is 6.75. The summed E-state index contributed by atoms with van der Waals surface area (Å²) in [6.07, 6.45) is 6.57. The lowest BCUT2D eigenvalue weighted by molar-refractivity contribution is -0.220. The van der Waals surface area contributed by atoms with Gasteiger partial charge in [0.1, 0.15) is 22.9 Å². The Morgan fingerprint density at radius 1 is 1.00 bits per heavy atom. The van der Waals surface area contributed by atoms with E-state index < -0.39 is 0 Å². The number of methoxy groups -OCH3 is 1. The number of esters is 3. The minimum absolute atomic E-state index is 0.0293. The van der Waals surface area contributed by atoms with Crippen molar-refractivity contribution in [3.05, 3.63) is 10.4 Å². The molecule has 4 rings (SSSR count). The molecule has 0 N–H and O–H groups in total. The molecule has 0 aromatic heterocycles. The van der Waals surface area contributed by atoms with E-state index in [1.54, 1.807) is 0 Å². The molecule has 224 valence electrons. The fourth-order valence-electron chi connectivity index (χ4n) is 9.59. The van der Waals surface area contributed by atoms with Crippen molar-refractivity contribution in [2.24, 2.45) is 51.5 Å². The van der Waals surface area contributed by atoms with Crippen molar-refractivity contribution in [2.45, 2.75) is 96.8 Å². The molecular weight excluding hydrogens is 646 g/mol. The first-order valence-electron chi connectivity index (χ1n) is 14.6. The molecule has 0 radical (unpaired) electrons. The van der Waals surface area contributed by atoms with Gasteiger partial charge in [-0.3, -0.25) is 14.4 Å². The van der Waals surface area contributed by atoms with Crippen LogP contribution >= 0.6 is 31.9 Å². The van der Waals surface area contributed by atoms with E-state index in [9.17, 15) is 14.4 Å². The van der Waals surface area contributed by atoms with Crippen LogP contribution in [0.25, 0.3) is 10.4 Å². The van der Waals surface area contributed by atoms with Gasteiger partial charge in [-0.05, 0) is 91.9 Å². The monoisotopic (exact) mass is 687 g/mol. The standard InChI is InChI=1S/C29H43Br2N3O6/c1-16(5-8-24(35)38-4)19-6-7-20-27-21(13-23(29(19,20)3)40-26(37)15-31)28(2)10-9-18(33-34-32)11-17(28)12-22(27)39-25(36)14-30/h16-23,27H,5-15H2,1-4H3/t16-,17?,18-,19-,20+,21+,22-,23+,27+,28+,29-/m1/s1. The number of carbonyl (C=O) groups excluding carboxylic acids is 3. The van der Waals surface area contributed by atoms with E-state index in [0.717, 1.165) is 51.4 Å². The number of alkyl halides is 2. The molecule has 4 aliphatic rings. The lowest BCUT2D eigenvalue weighted by Crippen LogP contribution is -2.63. The Morgan fingerprint density at radius 2 is 1.70 bits per heavy atom. The van der Waals surface area contributed by atoms with Crippen molar-refractivity contribution in [2.75, 3.05) is 17.8 Å². The van der Waals surface area contributed by atoms with Gasteiger partial charge in [-0.1, -0.05) is 57.7 Å². The average Bonchev–Trinajstić information content (AvgIpc) is 3.30. The van der Waals surface area contributed by atoms with Crippen LogP contribution in [-0.2, 0) is 28.6 Å². The number of fused-ring (bicyclic) bond motifs is 5. The van der Waals surface area contributed by atoms with Gasteiger partial charge in [-0.2, -0.15) is 0 Å². The molecule has 0 amide bonds. The molecule has 0 aromatic carbocycles. The number of rotatable bonds is 9. The zero-order valence-corrected chi connectivity index (χ0v) is 27.2. The van der Waals surface area contributed by atoms with Crippen LogP contribution in [0.5, 0.6) is 0 Å². The van der Waals surface area contributed by atoms with Crippen molar-refractivity contribution in [1.29, 1.82) is 0 Å². The first-order valence-corrected chi connectivity index (χ1v) is 16.9. The molecule has 0 aromatic rings. The molecule has 11 heteroatoms. The second-order valence-corrected chi connectivity index (χ2v) is 14.1. The van der Waals surface area contributed by atoms with E-state index >= 15 is 0 Å². The summed E-state index contributed by atoms with van der Waals surface area (Å²) < 4.78 is 17.4. The zero-order valence-electron chi connectivity index (χ0n) is 24.0. The summed E-state index contributed by atoms with van der Waals surface area (Å²) in [6.45, 7) is 6.85. The number of halogens is 2. The largest absolute Gasteiger partial charge is 0.469 e. The molecule has 0 bridgehead atoms. The molecule has 1 unspecified atom stereocenters. The highest BCUT2D eigenvalue weighted by Gasteiger charge is 2.67. The van der Waals surface area contributed by atoms with E-state index in [0.29, 0.717) is 6.42 Å². The summed E-state index contributed by atoms with van der Waals surface area (Å²) in [5, 5.41) is 4.35. The Labute approximate surface area is 254 Å². The van der Waals surface area contributed by atoms with Gasteiger partial charge >= 0.3 is 17.9 Å². The topological polar surface area (TPSA) is 128 Å². The summed E-state index contributed by atoms with van der Waals surface area (Å²) in [7, 11) is 1.42. The number of nitrogens with zero attached hydrogens (tertiary/aromatic N) is 3. The third-order valence-electron chi connectivity index (χ3n) is 11.5. The van der Waals surface area contributed by atoms with E-state index in [1.807, 2.05) is 0 Å². The second kappa shape index (κ2) is 12.9. The number of carbonyl (C=O) groups is 3. The molecule has 4 aliphatic carbocycles. The molecule has 9 nitrogen and oxygen atoms in total. The van der Waals surface area contributed by atoms with Gasteiger partial charge in [0.05, 0.1) is 7.11 Å². The smallest absolute Gasteiger partial charge is 0.316 e. The SMILES string of the molecule is COC(=O)CC[C@@H](C)[C@H]1CC[C@H]2[C@@H]3[C@H](OC(=O)CBr)CC4C[C@H](N=[N+]=[N-])CC[C@]4(C)[C@H]3C[C@H](OC(=O)CBr)[C@]12C. The average molecular weight is 689 g/mol. The fraction of sp³-hybridized carbons (Fsp3) is 0.897. The molecule has 4 fully saturated rings. The van der Waals surface area contributed by atoms with Crippen molar-refractivity contribution < 1.29 is 28.6 Å². The summed E-state index contributed by atoms with van der Waals surface area (Å²) in [4.78, 5) is 40.5. The van der Waals surface area contributed by atoms with Crippen molar-refractivity contribution in [3.63, 3.8) is 0 Å². The maximum Gasteiger partial charge on any atom is 0.316 e. The van der Waals surface area contributed by atoms with Gasteiger partial charge in [0.15, 0.2) is 0 Å². The molecule has 0 spiro atoms. The van der Waals surface area contributed by atoms with Gasteiger partial charge in [0.2, 0.25) is 0 Å². The minimum atomic E-state index is -0.306. The molecule has 0 aliphatic heterocycles. The van der Waals surface area contributed by atoms with Gasteiger partial charge in [-0.25, -0.2) is 0 Å². The summed E-state index contributed by atoms with van der Waals surface area (Å²) >= 11 is 6.58. The third kappa shape index (κ3) is 5.81. The van der Waals surface area contributed by atoms with E-state index in [4.69, 9.17) is 19.7 Å². The quantitative estimate of drug-likeness (QED) is 0.0659. The third-order valence-corrected chi connectivity index (χ3v) is 12.4. The lowest BCUT2D eigenvalue weighted by Gasteiger charge is -2.64. The van der Waals surface area contributed by atoms with Crippen molar-refractivity contribution >= 4 is 49.8 Å². The maximum atomic E-state index is 12.8. The highest BCUT2D eigenvalue weighted by molar-refractivity contribution is 9.09. The van der Waals surface area contributed by atoms with Crippen LogP contribution in [0.2, 0.25) is 0 Å². The number of ether oxygens (including phenoxy) is 3. The Morgan fingerprint density at radius 3 is 2.35 bits per heavy atom. The minimum Gasteiger partial charge on any atom is -0.469 e. The molecule has 40 heavy (non-hydrogen) atoms. The fourth-order valence-corrected chi connectivity index (χ4v) is 9.86.